The Kier molecular flexibility index (Phi) is 5.80. The average molecular weight is 286 g/mol. The van der Waals surface area contributed by atoms with Crippen molar-refractivity contribution in [2.75, 3.05) is 20.2 Å². The fourth-order valence-corrected chi connectivity index (χ4v) is 2.37. The second kappa shape index (κ2) is 6.92. The average Bonchev–Trinajstić information content (AvgIpc) is 2.44. The molecule has 0 aromatic carbocycles. The van der Waals surface area contributed by atoms with Gasteiger partial charge in [-0.05, 0) is 26.7 Å². The van der Waals surface area contributed by atoms with Gasteiger partial charge in [0, 0.05) is 20.2 Å². The molecule has 0 spiro atoms. The summed E-state index contributed by atoms with van der Waals surface area (Å²) in [5, 5.41) is 14.8. The Morgan fingerprint density at radius 1 is 1.20 bits per heavy atom. The number of carbonyl (C=O) groups excluding carboxylic acids is 1. The van der Waals surface area contributed by atoms with Gasteiger partial charge in [0.1, 0.15) is 0 Å². The molecule has 1 aliphatic carbocycles. The second-order valence-corrected chi connectivity index (χ2v) is 6.15. The van der Waals surface area contributed by atoms with E-state index in [2.05, 4.69) is 10.6 Å². The molecule has 0 saturated heterocycles. The van der Waals surface area contributed by atoms with Crippen molar-refractivity contribution in [1.29, 1.82) is 0 Å². The topological polar surface area (TPSA) is 87.7 Å². The summed E-state index contributed by atoms with van der Waals surface area (Å²) in [4.78, 5) is 23.2. The van der Waals surface area contributed by atoms with E-state index < -0.39 is 17.0 Å². The van der Waals surface area contributed by atoms with Crippen LogP contribution in [0.1, 0.15) is 46.0 Å². The van der Waals surface area contributed by atoms with Gasteiger partial charge in [0.05, 0.1) is 11.0 Å². The maximum absolute atomic E-state index is 11.7. The first-order chi connectivity index (χ1) is 9.31. The smallest absolute Gasteiger partial charge is 0.314 e. The molecule has 0 unspecified atom stereocenters. The van der Waals surface area contributed by atoms with Gasteiger partial charge in [-0.2, -0.15) is 0 Å². The van der Waals surface area contributed by atoms with Crippen LogP contribution in [0.5, 0.6) is 0 Å². The SMILES string of the molecule is COC(C)(C)CNC(=O)NCC1(C(=O)O)CCCCC1. The van der Waals surface area contributed by atoms with Crippen molar-refractivity contribution in [3.05, 3.63) is 0 Å². The predicted molar refractivity (Wildman–Crippen MR) is 75.6 cm³/mol. The number of hydrogen-bond acceptors (Lipinski definition) is 3. The number of methoxy groups -OCH3 is 1. The number of aliphatic carboxylic acids is 1. The van der Waals surface area contributed by atoms with Crippen LogP contribution in [0.25, 0.3) is 0 Å². The van der Waals surface area contributed by atoms with E-state index in [9.17, 15) is 14.7 Å². The molecule has 6 nitrogen and oxygen atoms in total. The van der Waals surface area contributed by atoms with E-state index in [0.29, 0.717) is 19.4 Å². The third-order valence-electron chi connectivity index (χ3n) is 4.08. The predicted octanol–water partition coefficient (Wildman–Crippen LogP) is 1.75. The van der Waals surface area contributed by atoms with Crippen LogP contribution >= 0.6 is 0 Å². The number of nitrogens with one attached hydrogen (secondary N) is 2. The van der Waals surface area contributed by atoms with Crippen LogP contribution in [0.3, 0.4) is 0 Å². The standard InChI is InChI=1S/C14H26N2O4/c1-13(2,20-3)9-15-12(19)16-10-14(11(17)18)7-5-4-6-8-14/h4-10H2,1-3H3,(H,17,18)(H2,15,16,19). The Morgan fingerprint density at radius 3 is 2.30 bits per heavy atom. The third kappa shape index (κ3) is 4.67. The van der Waals surface area contributed by atoms with E-state index in [1.165, 1.54) is 0 Å². The van der Waals surface area contributed by atoms with E-state index in [1.54, 1.807) is 7.11 Å². The van der Waals surface area contributed by atoms with Crippen molar-refractivity contribution >= 4 is 12.0 Å². The number of rotatable bonds is 6. The lowest BCUT2D eigenvalue weighted by molar-refractivity contribution is -0.150. The Labute approximate surface area is 120 Å². The van der Waals surface area contributed by atoms with E-state index in [-0.39, 0.29) is 12.6 Å². The first-order valence-electron chi connectivity index (χ1n) is 7.12. The van der Waals surface area contributed by atoms with Gasteiger partial charge in [0.2, 0.25) is 0 Å². The van der Waals surface area contributed by atoms with Gasteiger partial charge < -0.3 is 20.5 Å². The highest BCUT2D eigenvalue weighted by Crippen LogP contribution is 2.35. The number of hydrogen-bond donors (Lipinski definition) is 3. The first-order valence-corrected chi connectivity index (χ1v) is 7.12. The zero-order valence-electron chi connectivity index (χ0n) is 12.6. The van der Waals surface area contributed by atoms with Crippen molar-refractivity contribution in [2.24, 2.45) is 5.41 Å². The highest BCUT2D eigenvalue weighted by molar-refractivity contribution is 5.78. The largest absolute Gasteiger partial charge is 0.481 e. The minimum atomic E-state index is -0.810. The summed E-state index contributed by atoms with van der Waals surface area (Å²) in [6.45, 7) is 4.29. The molecule has 0 aromatic heterocycles. The lowest BCUT2D eigenvalue weighted by Crippen LogP contribution is -2.49. The highest BCUT2D eigenvalue weighted by Gasteiger charge is 2.39. The number of ether oxygens (including phenoxy) is 1. The van der Waals surface area contributed by atoms with Gasteiger partial charge in [-0.15, -0.1) is 0 Å². The maximum atomic E-state index is 11.7. The quantitative estimate of drug-likeness (QED) is 0.694. The number of amides is 2. The molecule has 0 aromatic rings. The fourth-order valence-electron chi connectivity index (χ4n) is 2.37. The first kappa shape index (κ1) is 16.8. The van der Waals surface area contributed by atoms with E-state index in [1.807, 2.05) is 13.8 Å². The molecule has 3 N–H and O–H groups in total. The molecule has 0 bridgehead atoms. The van der Waals surface area contributed by atoms with Crippen molar-refractivity contribution in [3.8, 4) is 0 Å². The van der Waals surface area contributed by atoms with E-state index >= 15 is 0 Å². The highest BCUT2D eigenvalue weighted by atomic mass is 16.5. The van der Waals surface area contributed by atoms with Gasteiger partial charge in [0.25, 0.3) is 0 Å². The van der Waals surface area contributed by atoms with Crippen LogP contribution in [-0.2, 0) is 9.53 Å². The van der Waals surface area contributed by atoms with Crippen LogP contribution < -0.4 is 10.6 Å². The summed E-state index contributed by atoms with van der Waals surface area (Å²) >= 11 is 0. The molecule has 116 valence electrons. The molecule has 20 heavy (non-hydrogen) atoms. The lowest BCUT2D eigenvalue weighted by atomic mass is 9.74. The fraction of sp³-hybridized carbons (Fsp3) is 0.857. The molecule has 0 atom stereocenters. The van der Waals surface area contributed by atoms with Gasteiger partial charge in [0.15, 0.2) is 0 Å². The molecular formula is C14H26N2O4. The maximum Gasteiger partial charge on any atom is 0.314 e. The molecule has 1 rings (SSSR count). The molecule has 2 amide bonds. The zero-order chi connectivity index (χ0) is 15.2. The van der Waals surface area contributed by atoms with Crippen LogP contribution in [0.4, 0.5) is 4.79 Å². The number of carbonyl (C=O) groups is 2. The minimum absolute atomic E-state index is 0.182. The van der Waals surface area contributed by atoms with Crippen molar-refractivity contribution in [1.82, 2.24) is 10.6 Å². The normalized spacial score (nSPS) is 18.4. The third-order valence-corrected chi connectivity index (χ3v) is 4.08. The Morgan fingerprint density at radius 2 is 1.80 bits per heavy atom. The summed E-state index contributed by atoms with van der Waals surface area (Å²) in [7, 11) is 1.58. The van der Waals surface area contributed by atoms with Crippen molar-refractivity contribution < 1.29 is 19.4 Å². The Hall–Kier alpha value is -1.30. The lowest BCUT2D eigenvalue weighted by Gasteiger charge is -2.33. The molecule has 0 aliphatic heterocycles. The molecule has 1 saturated carbocycles. The summed E-state index contributed by atoms with van der Waals surface area (Å²) in [5.41, 5.74) is -1.24. The molecule has 6 heteroatoms. The van der Waals surface area contributed by atoms with Crippen molar-refractivity contribution in [2.45, 2.75) is 51.6 Å². The summed E-state index contributed by atoms with van der Waals surface area (Å²) in [6.07, 6.45) is 4.15. The van der Waals surface area contributed by atoms with Gasteiger partial charge >= 0.3 is 12.0 Å². The summed E-state index contributed by atoms with van der Waals surface area (Å²) < 4.78 is 5.20. The molecule has 0 radical (unpaired) electrons. The van der Waals surface area contributed by atoms with Crippen molar-refractivity contribution in [3.63, 3.8) is 0 Å². The monoisotopic (exact) mass is 286 g/mol. The molecule has 1 fully saturated rings. The van der Waals surface area contributed by atoms with Gasteiger partial charge in [-0.25, -0.2) is 4.79 Å². The van der Waals surface area contributed by atoms with E-state index in [4.69, 9.17) is 4.74 Å². The molecule has 1 aliphatic rings. The van der Waals surface area contributed by atoms with E-state index in [0.717, 1.165) is 19.3 Å². The van der Waals surface area contributed by atoms with Gasteiger partial charge in [-0.3, -0.25) is 4.79 Å². The van der Waals surface area contributed by atoms with Crippen LogP contribution in [0.2, 0.25) is 0 Å². The number of carboxylic acids is 1. The summed E-state index contributed by atoms with van der Waals surface area (Å²) in [5.74, 6) is -0.810. The van der Waals surface area contributed by atoms with Gasteiger partial charge in [-0.1, -0.05) is 19.3 Å². The van der Waals surface area contributed by atoms with Crippen LogP contribution in [0, 0.1) is 5.41 Å². The number of carboxylic acid groups (broad SMARTS) is 1. The Bertz CT molecular complexity index is 349. The van der Waals surface area contributed by atoms with Crippen LogP contribution in [0.15, 0.2) is 0 Å². The zero-order valence-corrected chi connectivity index (χ0v) is 12.6. The minimum Gasteiger partial charge on any atom is -0.481 e. The second-order valence-electron chi connectivity index (χ2n) is 6.15. The summed E-state index contributed by atoms with van der Waals surface area (Å²) in [6, 6.07) is -0.346. The Balaban J connectivity index is 2.44. The van der Waals surface area contributed by atoms with Crippen LogP contribution in [-0.4, -0.2) is 42.9 Å². The molecule has 0 heterocycles. The number of urea groups is 1. The molecular weight excluding hydrogens is 260 g/mol.